The molecule has 0 saturated heterocycles. The normalized spacial score (nSPS) is 10.0. The first kappa shape index (κ1) is 15.6. The molecule has 0 amide bonds. The van der Waals surface area contributed by atoms with E-state index in [1.807, 2.05) is 0 Å². The van der Waals surface area contributed by atoms with Gasteiger partial charge in [-0.3, -0.25) is 10.1 Å². The van der Waals surface area contributed by atoms with E-state index in [1.54, 1.807) is 12.1 Å². The van der Waals surface area contributed by atoms with Crippen LogP contribution in [0.25, 0.3) is 0 Å². The first-order valence-corrected chi connectivity index (χ1v) is 6.70. The molecule has 0 aliphatic carbocycles. The van der Waals surface area contributed by atoms with Crippen LogP contribution in [0.1, 0.15) is 5.56 Å². The fraction of sp³-hybridized carbons (Fsp3) is 0.0714. The SMILES string of the molecule is Nc1cc(F)ccc1NC(=S)NCc1cccc([N+](=O)[O-])c1. The number of nitrogens with one attached hydrogen (secondary N) is 2. The summed E-state index contributed by atoms with van der Waals surface area (Å²) in [6.45, 7) is 0.314. The highest BCUT2D eigenvalue weighted by Crippen LogP contribution is 2.19. The summed E-state index contributed by atoms with van der Waals surface area (Å²) in [5.74, 6) is -0.432. The van der Waals surface area contributed by atoms with Crippen molar-refractivity contribution in [3.63, 3.8) is 0 Å². The van der Waals surface area contributed by atoms with Crippen LogP contribution in [0.2, 0.25) is 0 Å². The molecule has 0 aliphatic rings. The topological polar surface area (TPSA) is 93.2 Å². The molecule has 0 spiro atoms. The summed E-state index contributed by atoms with van der Waals surface area (Å²) in [4.78, 5) is 10.2. The number of nitrogens with zero attached hydrogens (tertiary/aromatic N) is 1. The minimum atomic E-state index is -0.459. The lowest BCUT2D eigenvalue weighted by atomic mass is 10.2. The molecule has 0 saturated carbocycles. The molecule has 0 heterocycles. The van der Waals surface area contributed by atoms with Crippen LogP contribution in [0.3, 0.4) is 0 Å². The first-order valence-electron chi connectivity index (χ1n) is 6.29. The maximum Gasteiger partial charge on any atom is 0.269 e. The van der Waals surface area contributed by atoms with Gasteiger partial charge in [-0.25, -0.2) is 4.39 Å². The third-order valence-corrected chi connectivity index (χ3v) is 3.08. The Kier molecular flexibility index (Phi) is 4.84. The van der Waals surface area contributed by atoms with Crippen LogP contribution in [-0.4, -0.2) is 10.0 Å². The lowest BCUT2D eigenvalue weighted by Crippen LogP contribution is -2.28. The average molecular weight is 320 g/mol. The second-order valence-electron chi connectivity index (χ2n) is 4.47. The maximum atomic E-state index is 12.9. The zero-order valence-corrected chi connectivity index (χ0v) is 12.2. The fourth-order valence-corrected chi connectivity index (χ4v) is 1.96. The van der Waals surface area contributed by atoms with E-state index in [1.165, 1.54) is 30.3 Å². The Morgan fingerprint density at radius 3 is 2.77 bits per heavy atom. The number of hydrogen-bond acceptors (Lipinski definition) is 4. The Labute approximate surface area is 131 Å². The number of nitrogen functional groups attached to an aromatic ring is 1. The van der Waals surface area contributed by atoms with Crippen molar-refractivity contribution in [2.24, 2.45) is 0 Å². The van der Waals surface area contributed by atoms with Gasteiger partial charge < -0.3 is 16.4 Å². The molecular formula is C14H13FN4O2S. The van der Waals surface area contributed by atoms with Crippen molar-refractivity contribution in [1.82, 2.24) is 5.32 Å². The number of hydrogen-bond donors (Lipinski definition) is 3. The number of nitrogens with two attached hydrogens (primary N) is 1. The Hall–Kier alpha value is -2.74. The van der Waals surface area contributed by atoms with Gasteiger partial charge in [0.15, 0.2) is 5.11 Å². The van der Waals surface area contributed by atoms with Gasteiger partial charge in [0.25, 0.3) is 5.69 Å². The monoisotopic (exact) mass is 320 g/mol. The minimum Gasteiger partial charge on any atom is -0.397 e. The molecule has 0 aromatic heterocycles. The number of rotatable bonds is 4. The van der Waals surface area contributed by atoms with Crippen molar-refractivity contribution < 1.29 is 9.31 Å². The Bertz CT molecular complexity index is 724. The first-order chi connectivity index (χ1) is 10.5. The zero-order valence-electron chi connectivity index (χ0n) is 11.4. The third-order valence-electron chi connectivity index (χ3n) is 2.84. The summed E-state index contributed by atoms with van der Waals surface area (Å²) in [6, 6.07) is 10.2. The third kappa shape index (κ3) is 4.13. The summed E-state index contributed by atoms with van der Waals surface area (Å²) in [5, 5.41) is 16.7. The van der Waals surface area contributed by atoms with E-state index in [4.69, 9.17) is 18.0 Å². The van der Waals surface area contributed by atoms with Crippen molar-refractivity contribution in [1.29, 1.82) is 0 Å². The van der Waals surface area contributed by atoms with Gasteiger partial charge in [0.2, 0.25) is 0 Å². The van der Waals surface area contributed by atoms with Gasteiger partial charge in [0, 0.05) is 18.7 Å². The number of thiocarbonyl (C=S) groups is 1. The maximum absolute atomic E-state index is 12.9. The molecule has 6 nitrogen and oxygen atoms in total. The van der Waals surface area contributed by atoms with Gasteiger partial charge in [-0.15, -0.1) is 0 Å². The molecule has 4 N–H and O–H groups in total. The van der Waals surface area contributed by atoms with Gasteiger partial charge in [0.1, 0.15) is 5.82 Å². The molecule has 0 bridgehead atoms. The van der Waals surface area contributed by atoms with Gasteiger partial charge in [-0.05, 0) is 36.0 Å². The molecule has 0 aliphatic heterocycles. The van der Waals surface area contributed by atoms with E-state index in [2.05, 4.69) is 10.6 Å². The smallest absolute Gasteiger partial charge is 0.269 e. The molecular weight excluding hydrogens is 307 g/mol. The van der Waals surface area contributed by atoms with Crippen LogP contribution in [0, 0.1) is 15.9 Å². The Balaban J connectivity index is 1.95. The van der Waals surface area contributed by atoms with Crippen molar-refractivity contribution in [2.75, 3.05) is 11.1 Å². The predicted molar refractivity (Wildman–Crippen MR) is 87.0 cm³/mol. The number of halogens is 1. The molecule has 0 fully saturated rings. The zero-order chi connectivity index (χ0) is 16.1. The quantitative estimate of drug-likeness (QED) is 0.347. The van der Waals surface area contributed by atoms with Crippen LogP contribution < -0.4 is 16.4 Å². The van der Waals surface area contributed by atoms with Crippen molar-refractivity contribution in [3.8, 4) is 0 Å². The Morgan fingerprint density at radius 2 is 2.09 bits per heavy atom. The highest BCUT2D eigenvalue weighted by molar-refractivity contribution is 7.80. The summed E-state index contributed by atoms with van der Waals surface area (Å²) < 4.78 is 12.9. The minimum absolute atomic E-state index is 0.0148. The molecule has 0 unspecified atom stereocenters. The van der Waals surface area contributed by atoms with Gasteiger partial charge in [0.05, 0.1) is 16.3 Å². The highest BCUT2D eigenvalue weighted by atomic mass is 32.1. The van der Waals surface area contributed by atoms with Crippen molar-refractivity contribution >= 4 is 34.4 Å². The average Bonchev–Trinajstić information content (AvgIpc) is 2.48. The standard InChI is InChI=1S/C14H13FN4O2S/c15-10-4-5-13(12(16)7-10)18-14(22)17-8-9-2-1-3-11(6-9)19(20)21/h1-7H,8,16H2,(H2,17,18,22). The van der Waals surface area contributed by atoms with Crippen molar-refractivity contribution in [3.05, 3.63) is 64.0 Å². The van der Waals surface area contributed by atoms with E-state index in [-0.39, 0.29) is 16.5 Å². The van der Waals surface area contributed by atoms with Crippen molar-refractivity contribution in [2.45, 2.75) is 6.54 Å². The second kappa shape index (κ2) is 6.81. The molecule has 0 atom stereocenters. The highest BCUT2D eigenvalue weighted by Gasteiger charge is 2.07. The number of benzene rings is 2. The lowest BCUT2D eigenvalue weighted by molar-refractivity contribution is -0.384. The molecule has 0 radical (unpaired) electrons. The largest absolute Gasteiger partial charge is 0.397 e. The summed E-state index contributed by atoms with van der Waals surface area (Å²) >= 11 is 5.11. The number of anilines is 2. The van der Waals surface area contributed by atoms with E-state index in [0.717, 1.165) is 0 Å². The lowest BCUT2D eigenvalue weighted by Gasteiger charge is -2.12. The molecule has 22 heavy (non-hydrogen) atoms. The van der Waals surface area contributed by atoms with E-state index < -0.39 is 10.7 Å². The summed E-state index contributed by atoms with van der Waals surface area (Å²) in [5.41, 5.74) is 7.11. The molecule has 2 aromatic carbocycles. The number of nitro groups is 1. The summed E-state index contributed by atoms with van der Waals surface area (Å²) in [6.07, 6.45) is 0. The molecule has 8 heteroatoms. The van der Waals surface area contributed by atoms with Crippen LogP contribution in [-0.2, 0) is 6.54 Å². The molecule has 2 aromatic rings. The fourth-order valence-electron chi connectivity index (χ4n) is 1.78. The summed E-state index contributed by atoms with van der Waals surface area (Å²) in [7, 11) is 0. The van der Waals surface area contributed by atoms with E-state index in [9.17, 15) is 14.5 Å². The van der Waals surface area contributed by atoms with Gasteiger partial charge in [-0.2, -0.15) is 0 Å². The number of nitro benzene ring substituents is 1. The number of non-ortho nitro benzene ring substituents is 1. The molecule has 2 rings (SSSR count). The van der Waals surface area contributed by atoms with E-state index in [0.29, 0.717) is 17.8 Å². The van der Waals surface area contributed by atoms with Gasteiger partial charge in [-0.1, -0.05) is 12.1 Å². The van der Waals surface area contributed by atoms with Crippen LogP contribution in [0.15, 0.2) is 42.5 Å². The van der Waals surface area contributed by atoms with Crippen LogP contribution in [0.4, 0.5) is 21.5 Å². The van der Waals surface area contributed by atoms with E-state index >= 15 is 0 Å². The van der Waals surface area contributed by atoms with Gasteiger partial charge >= 0.3 is 0 Å². The molecule has 114 valence electrons. The second-order valence-corrected chi connectivity index (χ2v) is 4.87. The van der Waals surface area contributed by atoms with Crippen LogP contribution in [0.5, 0.6) is 0 Å². The van der Waals surface area contributed by atoms with Crippen LogP contribution >= 0.6 is 12.2 Å². The predicted octanol–water partition coefficient (Wildman–Crippen LogP) is 2.80. The Morgan fingerprint density at radius 1 is 1.32 bits per heavy atom.